The third kappa shape index (κ3) is 14.5. The number of halogens is 3. The van der Waals surface area contributed by atoms with Crippen molar-refractivity contribution in [2.24, 2.45) is 0 Å². The summed E-state index contributed by atoms with van der Waals surface area (Å²) in [5.41, 5.74) is 5.85. The molecule has 0 spiro atoms. The first-order valence-electron chi connectivity index (χ1n) is 20.7. The number of hydrogen-bond donors (Lipinski definition) is 1. The molecule has 0 amide bonds. The molecule has 0 aliphatic rings. The number of nitrogens with one attached hydrogen (secondary N) is 1. The van der Waals surface area contributed by atoms with Gasteiger partial charge in [0, 0.05) is 16.9 Å². The summed E-state index contributed by atoms with van der Waals surface area (Å²) in [5, 5.41) is 16.8. The summed E-state index contributed by atoms with van der Waals surface area (Å²) < 4.78 is 77.9. The molecule has 0 radical (unpaired) electrons. The lowest BCUT2D eigenvalue weighted by atomic mass is 10.0. The normalized spacial score (nSPS) is 11.6. The summed E-state index contributed by atoms with van der Waals surface area (Å²) in [6, 6.07) is 19.2. The molecular formula is C45H53F3N6O5S3. The number of esters is 1. The second kappa shape index (κ2) is 24.0. The molecule has 0 saturated carbocycles. The number of unbranched alkanes of at least 4 members (excludes halogenated alkanes) is 9. The number of thioether (sulfide) groups is 1. The fourth-order valence-corrected chi connectivity index (χ4v) is 9.31. The van der Waals surface area contributed by atoms with E-state index in [1.165, 1.54) is 99.9 Å². The van der Waals surface area contributed by atoms with Crippen LogP contribution in [0.2, 0.25) is 0 Å². The van der Waals surface area contributed by atoms with Crippen molar-refractivity contribution in [3.63, 3.8) is 0 Å². The third-order valence-electron chi connectivity index (χ3n) is 10.1. The number of furan rings is 1. The molecule has 0 atom stereocenters. The minimum absolute atomic E-state index is 0.254. The van der Waals surface area contributed by atoms with Gasteiger partial charge in [-0.3, -0.25) is 9.29 Å². The molecular weight excluding hydrogens is 858 g/mol. The van der Waals surface area contributed by atoms with Crippen LogP contribution in [0.25, 0.3) is 11.4 Å². The Bertz CT molecular complexity index is 2350. The van der Waals surface area contributed by atoms with E-state index in [1.54, 1.807) is 36.8 Å². The average molecular weight is 911 g/mol. The Morgan fingerprint density at radius 2 is 1.53 bits per heavy atom. The molecule has 3 heterocycles. The Morgan fingerprint density at radius 1 is 0.839 bits per heavy atom. The van der Waals surface area contributed by atoms with Crippen molar-refractivity contribution >= 4 is 44.2 Å². The van der Waals surface area contributed by atoms with E-state index >= 15 is 0 Å². The molecule has 0 aliphatic heterocycles. The molecule has 62 heavy (non-hydrogen) atoms. The number of aromatic nitrogens is 5. The Labute approximate surface area is 370 Å². The van der Waals surface area contributed by atoms with Crippen LogP contribution in [0.4, 0.5) is 18.3 Å². The number of carbonyl (C=O) groups is 1. The van der Waals surface area contributed by atoms with Crippen LogP contribution in [0, 0.1) is 0 Å². The topological polar surface area (TPSA) is 142 Å². The van der Waals surface area contributed by atoms with E-state index in [4.69, 9.17) is 9.15 Å². The molecule has 6 rings (SSSR count). The Hall–Kier alpha value is -5.00. The van der Waals surface area contributed by atoms with Crippen molar-refractivity contribution in [2.45, 2.75) is 119 Å². The number of anilines is 1. The zero-order valence-electron chi connectivity index (χ0n) is 35.2. The minimum Gasteiger partial charge on any atom is -0.472 e. The molecule has 0 saturated heterocycles. The number of alkyl halides is 3. The predicted octanol–water partition coefficient (Wildman–Crippen LogP) is 12.0. The number of nitrogens with zero attached hydrogens (tertiary/aromatic N) is 5. The van der Waals surface area contributed by atoms with Gasteiger partial charge in [-0.2, -0.15) is 13.2 Å². The lowest BCUT2D eigenvalue weighted by Gasteiger charge is -2.12. The van der Waals surface area contributed by atoms with E-state index in [0.717, 1.165) is 59.4 Å². The van der Waals surface area contributed by atoms with E-state index in [2.05, 4.69) is 32.0 Å². The van der Waals surface area contributed by atoms with Crippen LogP contribution in [0.1, 0.15) is 116 Å². The molecule has 0 bridgehead atoms. The number of aryl methyl sites for hydroxylation is 2. The van der Waals surface area contributed by atoms with E-state index in [0.29, 0.717) is 34.4 Å². The molecule has 1 N–H and O–H groups in total. The number of ether oxygens (including phenoxy) is 1. The van der Waals surface area contributed by atoms with Crippen molar-refractivity contribution in [1.82, 2.24) is 25.0 Å². The third-order valence-corrected chi connectivity index (χ3v) is 13.2. The van der Waals surface area contributed by atoms with Crippen molar-refractivity contribution in [2.75, 3.05) is 11.8 Å². The van der Waals surface area contributed by atoms with Gasteiger partial charge in [0.2, 0.25) is 5.13 Å². The Balaban J connectivity index is 0.000000243. The standard InChI is InChI=1S/C25H22F3N3O3S.C20H31N3O2S2/c1-3-17-4-5-19(23(32)33-2)12-20(17)15-35-24-30-29-22(31(24)13-16-10-11-34-14-16)18-6-8-21(9-7-18)25(26,27)28;1-2-3-4-5-6-7-8-9-10-11-12-18-13-15-19(16-14-18)27(24,25)23-20-22-21-17-26-20/h4-12,14H,3,13,15H2,1-2H3;13-17H,2-12H2,1H3,(H,22,23). The van der Waals surface area contributed by atoms with Crippen LogP contribution in [0.5, 0.6) is 0 Å². The summed E-state index contributed by atoms with van der Waals surface area (Å²) in [6.45, 7) is 4.67. The maximum Gasteiger partial charge on any atom is 0.416 e. The summed E-state index contributed by atoms with van der Waals surface area (Å²) in [5.74, 6) is 0.554. The van der Waals surface area contributed by atoms with E-state index in [9.17, 15) is 26.4 Å². The van der Waals surface area contributed by atoms with Crippen LogP contribution in [0.15, 0.2) is 105 Å². The van der Waals surface area contributed by atoms with Crippen molar-refractivity contribution in [3.8, 4) is 11.4 Å². The number of benzene rings is 3. The van der Waals surface area contributed by atoms with Gasteiger partial charge in [0.1, 0.15) is 5.51 Å². The van der Waals surface area contributed by atoms with E-state index < -0.39 is 27.7 Å². The quantitative estimate of drug-likeness (QED) is 0.0397. The van der Waals surface area contributed by atoms with Gasteiger partial charge in [-0.15, -0.1) is 20.4 Å². The van der Waals surface area contributed by atoms with Gasteiger partial charge in [-0.05, 0) is 78.4 Å². The maximum absolute atomic E-state index is 13.0. The second-order valence-electron chi connectivity index (χ2n) is 14.6. The van der Waals surface area contributed by atoms with Gasteiger partial charge in [-0.1, -0.05) is 125 Å². The van der Waals surface area contributed by atoms with E-state index in [1.807, 2.05) is 35.8 Å². The monoisotopic (exact) mass is 910 g/mol. The molecule has 17 heteroatoms. The van der Waals surface area contributed by atoms with Gasteiger partial charge >= 0.3 is 12.1 Å². The number of hydrogen-bond acceptors (Lipinski definition) is 11. The molecule has 6 aromatic rings. The zero-order chi connectivity index (χ0) is 44.4. The Morgan fingerprint density at radius 3 is 2.13 bits per heavy atom. The highest BCUT2D eigenvalue weighted by molar-refractivity contribution is 7.98. The fraction of sp³-hybridized carbons (Fsp3) is 0.400. The molecule has 3 aromatic heterocycles. The highest BCUT2D eigenvalue weighted by atomic mass is 32.2. The molecule has 0 fully saturated rings. The van der Waals surface area contributed by atoms with Crippen molar-refractivity contribution in [1.29, 1.82) is 0 Å². The van der Waals surface area contributed by atoms with Gasteiger partial charge in [0.15, 0.2) is 11.0 Å². The van der Waals surface area contributed by atoms with E-state index in [-0.39, 0.29) is 10.0 Å². The molecule has 332 valence electrons. The van der Waals surface area contributed by atoms with Gasteiger partial charge < -0.3 is 9.15 Å². The lowest BCUT2D eigenvalue weighted by molar-refractivity contribution is -0.137. The first kappa shape index (κ1) is 48.0. The molecule has 0 aliphatic carbocycles. The smallest absolute Gasteiger partial charge is 0.416 e. The predicted molar refractivity (Wildman–Crippen MR) is 238 cm³/mol. The lowest BCUT2D eigenvalue weighted by Crippen LogP contribution is -2.12. The summed E-state index contributed by atoms with van der Waals surface area (Å²) >= 11 is 2.59. The van der Waals surface area contributed by atoms with Crippen LogP contribution >= 0.6 is 23.1 Å². The maximum atomic E-state index is 13.0. The highest BCUT2D eigenvalue weighted by Gasteiger charge is 2.30. The molecule has 11 nitrogen and oxygen atoms in total. The summed E-state index contributed by atoms with van der Waals surface area (Å²) in [4.78, 5) is 12.2. The van der Waals surface area contributed by atoms with Crippen LogP contribution < -0.4 is 4.72 Å². The average Bonchev–Trinajstić information content (AvgIpc) is 4.07. The van der Waals surface area contributed by atoms with Gasteiger partial charge in [0.25, 0.3) is 10.0 Å². The number of sulfonamides is 1. The van der Waals surface area contributed by atoms with Crippen molar-refractivity contribution < 1.29 is 35.5 Å². The van der Waals surface area contributed by atoms with Gasteiger partial charge in [0.05, 0.1) is 42.2 Å². The van der Waals surface area contributed by atoms with Crippen LogP contribution in [-0.2, 0) is 46.1 Å². The highest BCUT2D eigenvalue weighted by Crippen LogP contribution is 2.33. The number of methoxy groups -OCH3 is 1. The van der Waals surface area contributed by atoms with Gasteiger partial charge in [-0.25, -0.2) is 13.2 Å². The van der Waals surface area contributed by atoms with Crippen LogP contribution in [-0.4, -0.2) is 46.5 Å². The van der Waals surface area contributed by atoms with Crippen LogP contribution in [0.3, 0.4) is 0 Å². The largest absolute Gasteiger partial charge is 0.472 e. The van der Waals surface area contributed by atoms with Crippen molar-refractivity contribution in [3.05, 3.63) is 124 Å². The zero-order valence-corrected chi connectivity index (χ0v) is 37.6. The Kier molecular flexibility index (Phi) is 18.6. The molecule has 0 unspecified atom stereocenters. The number of rotatable bonds is 22. The molecule has 3 aromatic carbocycles. The summed E-state index contributed by atoms with van der Waals surface area (Å²) in [7, 11) is -2.25. The minimum atomic E-state index is -4.42. The summed E-state index contributed by atoms with van der Waals surface area (Å²) in [6.07, 6.45) is 13.7. The first-order valence-corrected chi connectivity index (χ1v) is 24.1. The second-order valence-corrected chi connectivity index (χ2v) is 18.1. The first-order chi connectivity index (χ1) is 29.9. The fourth-order valence-electron chi connectivity index (χ4n) is 6.66. The number of carbonyl (C=O) groups excluding carboxylic acids is 1. The SMILES string of the molecule is CCCCCCCCCCCCc1ccc(S(=O)(=O)Nc2nncs2)cc1.CCc1ccc(C(=O)OC)cc1CSc1nnc(-c2ccc(C(F)(F)F)cc2)n1Cc1ccoc1.